The number of hydrogen-bond acceptors (Lipinski definition) is 4. The summed E-state index contributed by atoms with van der Waals surface area (Å²) in [6, 6.07) is 6.33. The second kappa shape index (κ2) is 6.03. The molecule has 4 heteroatoms. The van der Waals surface area contributed by atoms with Crippen molar-refractivity contribution in [3.8, 4) is 0 Å². The first-order chi connectivity index (χ1) is 12.1. The van der Waals surface area contributed by atoms with Gasteiger partial charge in [0, 0.05) is 29.6 Å². The van der Waals surface area contributed by atoms with E-state index >= 15 is 0 Å². The third kappa shape index (κ3) is 2.62. The number of cyclic esters (lactones) is 1. The Hall–Kier alpha value is -2.62. The first-order valence-electron chi connectivity index (χ1n) is 8.58. The minimum absolute atomic E-state index is 0.125. The number of carbonyl (C=O) groups is 2. The van der Waals surface area contributed by atoms with Crippen LogP contribution in [0.1, 0.15) is 36.0 Å². The van der Waals surface area contributed by atoms with E-state index in [1.54, 1.807) is 13.0 Å². The van der Waals surface area contributed by atoms with Crippen molar-refractivity contribution in [3.05, 3.63) is 71.0 Å². The van der Waals surface area contributed by atoms with Crippen LogP contribution in [0.3, 0.4) is 0 Å². The number of carbonyl (C=O) groups excluding carboxylic acids is 2. The standard InChI is InChI=1S/C21H20O4/c1-3-5-13-6-4-7-14-15(13)9-16-17(14)10-19(22)18(16)11-24-20-8-12(2)21(23)25-20/h3-4,6-8,11,16-17,20H,1,5,9-10H2,2H3/b18-11+/t16-,17+,20-/m0/s1. The molecule has 0 spiro atoms. The molecule has 1 aromatic rings. The van der Waals surface area contributed by atoms with Gasteiger partial charge in [0.25, 0.3) is 6.29 Å². The van der Waals surface area contributed by atoms with Crippen LogP contribution < -0.4 is 0 Å². The van der Waals surface area contributed by atoms with Crippen molar-refractivity contribution in [2.45, 2.75) is 38.4 Å². The van der Waals surface area contributed by atoms with Crippen molar-refractivity contribution >= 4 is 11.8 Å². The number of fused-ring (bicyclic) bond motifs is 3. The number of Topliss-reactive ketones (excluding diaryl/α,β-unsaturated/α-hetero) is 1. The summed E-state index contributed by atoms with van der Waals surface area (Å²) in [6.45, 7) is 5.52. The van der Waals surface area contributed by atoms with Gasteiger partial charge >= 0.3 is 5.97 Å². The fourth-order valence-electron chi connectivity index (χ4n) is 4.14. The third-order valence-corrected chi connectivity index (χ3v) is 5.37. The van der Waals surface area contributed by atoms with Gasteiger partial charge in [-0.15, -0.1) is 6.58 Å². The number of rotatable bonds is 4. The van der Waals surface area contributed by atoms with Crippen LogP contribution in [0.25, 0.3) is 0 Å². The summed E-state index contributed by atoms with van der Waals surface area (Å²) < 4.78 is 10.6. The Morgan fingerprint density at radius 1 is 1.28 bits per heavy atom. The molecule has 0 saturated heterocycles. The summed E-state index contributed by atoms with van der Waals surface area (Å²) in [5.41, 5.74) is 5.15. The molecule has 3 aliphatic rings. The lowest BCUT2D eigenvalue weighted by Crippen LogP contribution is -2.12. The van der Waals surface area contributed by atoms with E-state index in [1.807, 2.05) is 6.08 Å². The summed E-state index contributed by atoms with van der Waals surface area (Å²) in [4.78, 5) is 23.9. The van der Waals surface area contributed by atoms with Crippen LogP contribution >= 0.6 is 0 Å². The second-order valence-electron chi connectivity index (χ2n) is 6.85. The van der Waals surface area contributed by atoms with Crippen LogP contribution in [0.2, 0.25) is 0 Å². The van der Waals surface area contributed by atoms with E-state index in [1.165, 1.54) is 23.0 Å². The summed E-state index contributed by atoms with van der Waals surface area (Å²) in [5.74, 6) is 0.127. The molecule has 4 nitrogen and oxygen atoms in total. The molecule has 0 N–H and O–H groups in total. The number of ether oxygens (including phenoxy) is 2. The van der Waals surface area contributed by atoms with Gasteiger partial charge in [-0.3, -0.25) is 4.79 Å². The predicted molar refractivity (Wildman–Crippen MR) is 92.7 cm³/mol. The molecule has 1 fully saturated rings. The lowest BCUT2D eigenvalue weighted by Gasteiger charge is -2.12. The molecular weight excluding hydrogens is 316 g/mol. The van der Waals surface area contributed by atoms with Crippen molar-refractivity contribution in [1.29, 1.82) is 0 Å². The number of esters is 1. The topological polar surface area (TPSA) is 52.6 Å². The van der Waals surface area contributed by atoms with Gasteiger partial charge in [0.1, 0.15) is 0 Å². The van der Waals surface area contributed by atoms with E-state index in [0.717, 1.165) is 12.8 Å². The van der Waals surface area contributed by atoms with Crippen LogP contribution in [0.5, 0.6) is 0 Å². The maximum atomic E-state index is 12.5. The van der Waals surface area contributed by atoms with Crippen molar-refractivity contribution in [3.63, 3.8) is 0 Å². The fourth-order valence-corrected chi connectivity index (χ4v) is 4.14. The quantitative estimate of drug-likeness (QED) is 0.366. The summed E-state index contributed by atoms with van der Waals surface area (Å²) >= 11 is 0. The Labute approximate surface area is 146 Å². The monoisotopic (exact) mass is 336 g/mol. The normalized spacial score (nSPS) is 28.6. The highest BCUT2D eigenvalue weighted by Gasteiger charge is 2.44. The fraction of sp³-hybridized carbons (Fsp3) is 0.333. The maximum absolute atomic E-state index is 12.5. The molecule has 128 valence electrons. The molecule has 25 heavy (non-hydrogen) atoms. The highest BCUT2D eigenvalue weighted by Crippen LogP contribution is 2.50. The van der Waals surface area contributed by atoms with Gasteiger partial charge in [-0.05, 0) is 42.4 Å². The zero-order valence-electron chi connectivity index (χ0n) is 14.2. The van der Waals surface area contributed by atoms with E-state index in [4.69, 9.17) is 9.47 Å². The van der Waals surface area contributed by atoms with Crippen molar-refractivity contribution in [1.82, 2.24) is 0 Å². The third-order valence-electron chi connectivity index (χ3n) is 5.37. The molecule has 0 aromatic heterocycles. The molecule has 0 radical (unpaired) electrons. The largest absolute Gasteiger partial charge is 0.458 e. The van der Waals surface area contributed by atoms with E-state index in [0.29, 0.717) is 17.6 Å². The van der Waals surface area contributed by atoms with Crippen LogP contribution in [-0.4, -0.2) is 18.0 Å². The number of allylic oxidation sites excluding steroid dienone is 2. The minimum Gasteiger partial charge on any atom is -0.458 e. The Bertz CT molecular complexity index is 830. The van der Waals surface area contributed by atoms with E-state index in [-0.39, 0.29) is 23.6 Å². The highest BCUT2D eigenvalue weighted by molar-refractivity contribution is 5.99. The first-order valence-corrected chi connectivity index (χ1v) is 8.58. The summed E-state index contributed by atoms with van der Waals surface area (Å²) in [6.07, 6.45) is 6.54. The molecule has 1 aliphatic heterocycles. The average molecular weight is 336 g/mol. The van der Waals surface area contributed by atoms with Crippen molar-refractivity contribution < 1.29 is 19.1 Å². The zero-order chi connectivity index (χ0) is 17.6. The Kier molecular flexibility index (Phi) is 3.83. The number of hydrogen-bond donors (Lipinski definition) is 0. The number of ketones is 1. The lowest BCUT2D eigenvalue weighted by atomic mass is 9.94. The van der Waals surface area contributed by atoms with Gasteiger partial charge in [-0.25, -0.2) is 4.79 Å². The molecule has 2 aliphatic carbocycles. The molecule has 4 rings (SSSR count). The molecule has 0 amide bonds. The maximum Gasteiger partial charge on any atom is 0.336 e. The second-order valence-corrected chi connectivity index (χ2v) is 6.85. The van der Waals surface area contributed by atoms with Crippen molar-refractivity contribution in [2.24, 2.45) is 5.92 Å². The Morgan fingerprint density at radius 3 is 2.84 bits per heavy atom. The molecular formula is C21H20O4. The van der Waals surface area contributed by atoms with Gasteiger partial charge < -0.3 is 9.47 Å². The molecule has 1 saturated carbocycles. The molecule has 1 aromatic carbocycles. The smallest absolute Gasteiger partial charge is 0.336 e. The van der Waals surface area contributed by atoms with Gasteiger partial charge in [0.05, 0.1) is 6.26 Å². The van der Waals surface area contributed by atoms with E-state index < -0.39 is 6.29 Å². The van der Waals surface area contributed by atoms with Crippen LogP contribution in [0, 0.1) is 5.92 Å². The highest BCUT2D eigenvalue weighted by atomic mass is 16.7. The molecule has 0 unspecified atom stereocenters. The first kappa shape index (κ1) is 15.9. The van der Waals surface area contributed by atoms with Crippen LogP contribution in [0.15, 0.2) is 54.3 Å². The van der Waals surface area contributed by atoms with E-state index in [2.05, 4.69) is 24.8 Å². The zero-order valence-corrected chi connectivity index (χ0v) is 14.2. The van der Waals surface area contributed by atoms with Crippen LogP contribution in [0.4, 0.5) is 0 Å². The average Bonchev–Trinajstić information content (AvgIpc) is 3.19. The van der Waals surface area contributed by atoms with Gasteiger partial charge in [0.15, 0.2) is 5.78 Å². The molecule has 0 bridgehead atoms. The van der Waals surface area contributed by atoms with Crippen LogP contribution in [-0.2, 0) is 31.9 Å². The van der Waals surface area contributed by atoms with Gasteiger partial charge in [0.2, 0.25) is 0 Å². The molecule has 1 heterocycles. The Balaban J connectivity index is 1.58. The minimum atomic E-state index is -0.730. The van der Waals surface area contributed by atoms with Crippen molar-refractivity contribution in [2.75, 3.05) is 0 Å². The Morgan fingerprint density at radius 2 is 2.12 bits per heavy atom. The van der Waals surface area contributed by atoms with Gasteiger partial charge in [-0.2, -0.15) is 0 Å². The van der Waals surface area contributed by atoms with Gasteiger partial charge in [-0.1, -0.05) is 24.3 Å². The molecule has 3 atom stereocenters. The van der Waals surface area contributed by atoms with E-state index in [9.17, 15) is 9.59 Å². The summed E-state index contributed by atoms with van der Waals surface area (Å²) in [5, 5.41) is 0. The number of benzene rings is 1. The summed E-state index contributed by atoms with van der Waals surface area (Å²) in [7, 11) is 0. The SMILES string of the molecule is C=CCc1cccc2c1C[C@@H]1/C(=C\O[C@@H]3C=C(C)C(=O)O3)C(=O)C[C@H]21. The predicted octanol–water partition coefficient (Wildman–Crippen LogP) is 3.37. The lowest BCUT2D eigenvalue weighted by molar-refractivity contribution is -0.152.